The maximum Gasteiger partial charge on any atom is 0.326 e. The molecule has 144 valence electrons. The molecule has 1 amide bonds. The van der Waals surface area contributed by atoms with Gasteiger partial charge in [0.25, 0.3) is 10.0 Å². The molecule has 0 aliphatic carbocycles. The number of amides is 1. The van der Waals surface area contributed by atoms with Crippen molar-refractivity contribution in [1.29, 1.82) is 0 Å². The zero-order valence-electron chi connectivity index (χ0n) is 14.8. The van der Waals surface area contributed by atoms with Gasteiger partial charge in [0.05, 0.1) is 17.2 Å². The van der Waals surface area contributed by atoms with Crippen molar-refractivity contribution >= 4 is 55.9 Å². The Hall–Kier alpha value is -2.14. The van der Waals surface area contributed by atoms with Crippen LogP contribution in [0.2, 0.25) is 0 Å². The van der Waals surface area contributed by atoms with Crippen molar-refractivity contribution in [3.05, 3.63) is 52.1 Å². The highest BCUT2D eigenvalue weighted by atomic mass is 127. The molecule has 0 aliphatic heterocycles. The Balaban J connectivity index is 2.41. The molecule has 0 fully saturated rings. The Morgan fingerprint density at radius 3 is 2.19 bits per heavy atom. The Labute approximate surface area is 171 Å². The molecule has 0 aliphatic rings. The summed E-state index contributed by atoms with van der Waals surface area (Å²) in [5.74, 6) is -0.900. The van der Waals surface area contributed by atoms with Gasteiger partial charge in [0, 0.05) is 16.2 Å². The third-order valence-electron chi connectivity index (χ3n) is 3.46. The molecule has 0 spiro atoms. The van der Waals surface area contributed by atoms with E-state index in [9.17, 15) is 18.0 Å². The van der Waals surface area contributed by atoms with Gasteiger partial charge in [-0.25, -0.2) is 8.42 Å². The number of ether oxygens (including phenoxy) is 1. The van der Waals surface area contributed by atoms with Crippen LogP contribution >= 0.6 is 22.6 Å². The first-order valence-electron chi connectivity index (χ1n) is 8.05. The highest BCUT2D eigenvalue weighted by molar-refractivity contribution is 14.1. The lowest BCUT2D eigenvalue weighted by Gasteiger charge is -2.23. The summed E-state index contributed by atoms with van der Waals surface area (Å²) >= 11 is 2.11. The summed E-state index contributed by atoms with van der Waals surface area (Å²) in [7, 11) is -4.01. The van der Waals surface area contributed by atoms with Crippen molar-refractivity contribution in [3.63, 3.8) is 0 Å². The zero-order chi connectivity index (χ0) is 20.0. The summed E-state index contributed by atoms with van der Waals surface area (Å²) < 4.78 is 33.1. The number of sulfonamides is 1. The highest BCUT2D eigenvalue weighted by Crippen LogP contribution is 2.25. The Morgan fingerprint density at radius 1 is 1.07 bits per heavy atom. The molecule has 0 unspecified atom stereocenters. The number of esters is 1. The number of carbonyl (C=O) groups excluding carboxylic acids is 2. The van der Waals surface area contributed by atoms with Crippen molar-refractivity contribution in [2.75, 3.05) is 22.8 Å². The van der Waals surface area contributed by atoms with E-state index in [-0.39, 0.29) is 17.4 Å². The predicted octanol–water partition coefficient (Wildman–Crippen LogP) is 3.01. The van der Waals surface area contributed by atoms with E-state index in [1.807, 2.05) is 0 Å². The molecule has 0 saturated heterocycles. The van der Waals surface area contributed by atoms with Crippen LogP contribution in [-0.4, -0.2) is 33.4 Å². The summed E-state index contributed by atoms with van der Waals surface area (Å²) in [5.41, 5.74) is 0.835. The summed E-state index contributed by atoms with van der Waals surface area (Å²) in [6, 6.07) is 12.5. The van der Waals surface area contributed by atoms with Gasteiger partial charge in [0.1, 0.15) is 6.54 Å². The molecule has 27 heavy (non-hydrogen) atoms. The lowest BCUT2D eigenvalue weighted by atomic mass is 10.3. The number of anilines is 2. The van der Waals surface area contributed by atoms with E-state index >= 15 is 0 Å². The zero-order valence-corrected chi connectivity index (χ0v) is 17.8. The highest BCUT2D eigenvalue weighted by Gasteiger charge is 2.27. The van der Waals surface area contributed by atoms with E-state index in [1.54, 1.807) is 31.2 Å². The van der Waals surface area contributed by atoms with Crippen LogP contribution in [0.5, 0.6) is 0 Å². The molecule has 0 atom stereocenters. The van der Waals surface area contributed by atoms with Crippen molar-refractivity contribution in [3.8, 4) is 0 Å². The van der Waals surface area contributed by atoms with Crippen LogP contribution in [0.1, 0.15) is 13.8 Å². The van der Waals surface area contributed by atoms with E-state index in [0.717, 1.165) is 7.88 Å². The number of rotatable bonds is 7. The summed E-state index contributed by atoms with van der Waals surface area (Å²) in [4.78, 5) is 23.1. The molecule has 9 heteroatoms. The monoisotopic (exact) mass is 502 g/mol. The topological polar surface area (TPSA) is 92.8 Å². The van der Waals surface area contributed by atoms with Crippen molar-refractivity contribution in [2.24, 2.45) is 0 Å². The lowest BCUT2D eigenvalue weighted by Crippen LogP contribution is -2.36. The van der Waals surface area contributed by atoms with Gasteiger partial charge >= 0.3 is 5.97 Å². The van der Waals surface area contributed by atoms with Gasteiger partial charge in [-0.05, 0) is 78.0 Å². The fourth-order valence-corrected chi connectivity index (χ4v) is 4.06. The number of hydrogen-bond donors (Lipinski definition) is 1. The predicted molar refractivity (Wildman–Crippen MR) is 111 cm³/mol. The Morgan fingerprint density at radius 2 is 1.67 bits per heavy atom. The van der Waals surface area contributed by atoms with Gasteiger partial charge in [0.2, 0.25) is 5.91 Å². The van der Waals surface area contributed by atoms with E-state index in [4.69, 9.17) is 4.74 Å². The van der Waals surface area contributed by atoms with E-state index in [0.29, 0.717) is 11.4 Å². The molecular weight excluding hydrogens is 483 g/mol. The minimum atomic E-state index is -4.01. The third kappa shape index (κ3) is 5.67. The first-order valence-corrected chi connectivity index (χ1v) is 10.6. The van der Waals surface area contributed by atoms with Crippen LogP contribution in [0.3, 0.4) is 0 Å². The molecule has 2 aromatic rings. The Bertz CT molecular complexity index is 912. The summed E-state index contributed by atoms with van der Waals surface area (Å²) in [5, 5.41) is 2.58. The number of halogens is 1. The molecule has 0 saturated carbocycles. The van der Waals surface area contributed by atoms with Gasteiger partial charge in [-0.2, -0.15) is 0 Å². The standard InChI is InChI=1S/C18H19IN2O5S/c1-3-26-18(23)12-21(16-8-4-14(19)5-9-16)27(24,25)17-10-6-15(7-11-17)20-13(2)22/h4-11H,3,12H2,1-2H3,(H,20,22). The molecule has 2 rings (SSSR count). The minimum absolute atomic E-state index is 0.000509. The molecule has 0 heterocycles. The van der Waals surface area contributed by atoms with Gasteiger partial charge in [-0.3, -0.25) is 13.9 Å². The minimum Gasteiger partial charge on any atom is -0.465 e. The second-order valence-electron chi connectivity index (χ2n) is 5.50. The van der Waals surface area contributed by atoms with E-state index in [1.165, 1.54) is 31.2 Å². The van der Waals surface area contributed by atoms with Crippen LogP contribution in [0, 0.1) is 3.57 Å². The molecule has 2 aromatic carbocycles. The molecule has 1 N–H and O–H groups in total. The second-order valence-corrected chi connectivity index (χ2v) is 8.61. The molecule has 0 bridgehead atoms. The molecule has 0 radical (unpaired) electrons. The van der Waals surface area contributed by atoms with Gasteiger partial charge < -0.3 is 10.1 Å². The lowest BCUT2D eigenvalue weighted by molar-refractivity contribution is -0.141. The van der Waals surface area contributed by atoms with Crippen molar-refractivity contribution < 1.29 is 22.7 Å². The summed E-state index contributed by atoms with van der Waals surface area (Å²) in [6.07, 6.45) is 0. The van der Waals surface area contributed by atoms with Gasteiger partial charge in [-0.15, -0.1) is 0 Å². The fourth-order valence-electron chi connectivity index (χ4n) is 2.29. The Kier molecular flexibility index (Phi) is 7.19. The number of nitrogens with one attached hydrogen (secondary N) is 1. The molecule has 7 nitrogen and oxygen atoms in total. The van der Waals surface area contributed by atoms with E-state index in [2.05, 4.69) is 27.9 Å². The van der Waals surface area contributed by atoms with Crippen molar-refractivity contribution in [2.45, 2.75) is 18.7 Å². The average molecular weight is 502 g/mol. The third-order valence-corrected chi connectivity index (χ3v) is 5.96. The molecule has 0 aromatic heterocycles. The fraction of sp³-hybridized carbons (Fsp3) is 0.222. The largest absolute Gasteiger partial charge is 0.465 e. The van der Waals surface area contributed by atoms with Crippen molar-refractivity contribution in [1.82, 2.24) is 0 Å². The number of carbonyl (C=O) groups is 2. The van der Waals surface area contributed by atoms with Gasteiger partial charge in [-0.1, -0.05) is 0 Å². The van der Waals surface area contributed by atoms with Crippen LogP contribution in [0.4, 0.5) is 11.4 Å². The van der Waals surface area contributed by atoms with E-state index < -0.39 is 22.5 Å². The first kappa shape index (κ1) is 21.2. The number of benzene rings is 2. The second kappa shape index (κ2) is 9.18. The first-order chi connectivity index (χ1) is 12.7. The van der Waals surface area contributed by atoms with Crippen LogP contribution in [-0.2, 0) is 24.3 Å². The average Bonchev–Trinajstić information content (AvgIpc) is 2.61. The van der Waals surface area contributed by atoms with Crippen LogP contribution in [0.25, 0.3) is 0 Å². The maximum absolute atomic E-state index is 13.1. The maximum atomic E-state index is 13.1. The number of nitrogens with zero attached hydrogens (tertiary/aromatic N) is 1. The van der Waals surface area contributed by atoms with Gasteiger partial charge in [0.15, 0.2) is 0 Å². The molecular formula is C18H19IN2O5S. The summed E-state index contributed by atoms with van der Waals surface area (Å²) in [6.45, 7) is 2.74. The number of hydrogen-bond acceptors (Lipinski definition) is 5. The smallest absolute Gasteiger partial charge is 0.326 e. The SMILES string of the molecule is CCOC(=O)CN(c1ccc(I)cc1)S(=O)(=O)c1ccc(NC(C)=O)cc1. The normalized spacial score (nSPS) is 10.9. The quantitative estimate of drug-likeness (QED) is 0.465. The van der Waals surface area contributed by atoms with Crippen LogP contribution in [0.15, 0.2) is 53.4 Å². The van der Waals surface area contributed by atoms with Crippen LogP contribution < -0.4 is 9.62 Å².